The summed E-state index contributed by atoms with van der Waals surface area (Å²) < 4.78 is 10.4. The molecule has 160 valence electrons. The molecule has 0 radical (unpaired) electrons. The van der Waals surface area contributed by atoms with Gasteiger partial charge in [0.1, 0.15) is 18.9 Å². The van der Waals surface area contributed by atoms with Crippen molar-refractivity contribution in [2.45, 2.75) is 24.5 Å². The van der Waals surface area contributed by atoms with Crippen LogP contribution in [0.4, 0.5) is 0 Å². The van der Waals surface area contributed by atoms with Crippen LogP contribution in [0.1, 0.15) is 16.9 Å². The zero-order valence-electron chi connectivity index (χ0n) is 16.2. The molecule has 8 nitrogen and oxygen atoms in total. The molecule has 0 aliphatic carbocycles. The van der Waals surface area contributed by atoms with Crippen LogP contribution >= 0.6 is 39.2 Å². The maximum absolute atomic E-state index is 10.2. The summed E-state index contributed by atoms with van der Waals surface area (Å²) in [5.41, 5.74) is 11.4. The van der Waals surface area contributed by atoms with E-state index in [9.17, 15) is 4.79 Å². The summed E-state index contributed by atoms with van der Waals surface area (Å²) in [5, 5.41) is 11.8. The van der Waals surface area contributed by atoms with Crippen LogP contribution in [0, 0.1) is 13.8 Å². The van der Waals surface area contributed by atoms with Crippen LogP contribution in [0.3, 0.4) is 0 Å². The van der Waals surface area contributed by atoms with Gasteiger partial charge >= 0.3 is 5.97 Å². The monoisotopic (exact) mass is 504 g/mol. The number of carbonyl (C=O) groups is 1. The molecule has 0 bridgehead atoms. The minimum absolute atomic E-state index is 0.0285. The topological polar surface area (TPSA) is 132 Å². The van der Waals surface area contributed by atoms with Crippen molar-refractivity contribution in [1.82, 2.24) is 4.72 Å². The highest BCUT2D eigenvalue weighted by Gasteiger charge is 2.03. The van der Waals surface area contributed by atoms with E-state index in [0.29, 0.717) is 13.2 Å². The minimum atomic E-state index is -0.847. The van der Waals surface area contributed by atoms with Crippen molar-refractivity contribution < 1.29 is 19.5 Å². The average Bonchev–Trinajstić information content (AvgIpc) is 2.97. The smallest absolute Gasteiger partial charge is 0.318 e. The van der Waals surface area contributed by atoms with Crippen molar-refractivity contribution in [3.8, 4) is 5.75 Å². The fourth-order valence-electron chi connectivity index (χ4n) is 1.72. The van der Waals surface area contributed by atoms with Gasteiger partial charge in [-0.1, -0.05) is 17.7 Å². The normalized spacial score (nSPS) is 9.90. The first-order chi connectivity index (χ1) is 13.8. The molecule has 2 rings (SSSR count). The predicted octanol–water partition coefficient (Wildman–Crippen LogP) is 3.47. The first-order valence-electron chi connectivity index (χ1n) is 8.55. The molecule has 0 spiro atoms. The highest BCUT2D eigenvalue weighted by molar-refractivity contribution is 9.10. The Morgan fingerprint density at radius 1 is 1.28 bits per heavy atom. The third-order valence-corrected chi connectivity index (χ3v) is 6.11. The van der Waals surface area contributed by atoms with Gasteiger partial charge in [-0.05, 0) is 65.1 Å². The molecule has 0 aliphatic heterocycles. The van der Waals surface area contributed by atoms with E-state index in [4.69, 9.17) is 26.1 Å². The van der Waals surface area contributed by atoms with E-state index in [1.54, 1.807) is 11.3 Å². The summed E-state index contributed by atoms with van der Waals surface area (Å²) in [7, 11) is 0. The third kappa shape index (κ3) is 12.3. The molecule has 0 unspecified atom stereocenters. The molecule has 11 heteroatoms. The number of nitrogens with two attached hydrogens (primary N) is 2. The van der Waals surface area contributed by atoms with E-state index in [0.717, 1.165) is 20.9 Å². The number of hydrogen-bond acceptors (Lipinski definition) is 7. The van der Waals surface area contributed by atoms with Crippen molar-refractivity contribution in [3.05, 3.63) is 45.2 Å². The molecule has 0 amide bonds. The Morgan fingerprint density at radius 3 is 2.52 bits per heavy atom. The quantitative estimate of drug-likeness (QED) is 0.127. The molecule has 29 heavy (non-hydrogen) atoms. The van der Waals surface area contributed by atoms with Gasteiger partial charge in [-0.25, -0.2) is 4.72 Å². The highest BCUT2D eigenvalue weighted by atomic mass is 79.9. The van der Waals surface area contributed by atoms with Gasteiger partial charge in [0.15, 0.2) is 0 Å². The summed E-state index contributed by atoms with van der Waals surface area (Å²) in [6, 6.07) is 9.86. The van der Waals surface area contributed by atoms with Gasteiger partial charge in [-0.15, -0.1) is 11.3 Å². The number of halogens is 1. The fourth-order valence-corrected chi connectivity index (χ4v) is 4.36. The molecule has 1 aromatic carbocycles. The lowest BCUT2D eigenvalue weighted by molar-refractivity contribution is -0.135. The van der Waals surface area contributed by atoms with Gasteiger partial charge in [-0.2, -0.15) is 0 Å². The molecule has 2 aromatic rings. The van der Waals surface area contributed by atoms with Crippen LogP contribution in [-0.2, 0) is 9.63 Å². The summed E-state index contributed by atoms with van der Waals surface area (Å²) in [4.78, 5) is 16.2. The third-order valence-electron chi connectivity index (χ3n) is 3.07. The number of benzene rings is 1. The van der Waals surface area contributed by atoms with Gasteiger partial charge in [-0.3, -0.25) is 4.79 Å². The predicted molar refractivity (Wildman–Crippen MR) is 121 cm³/mol. The van der Waals surface area contributed by atoms with E-state index >= 15 is 0 Å². The molecule has 1 aromatic heterocycles. The van der Waals surface area contributed by atoms with Gasteiger partial charge in [0.2, 0.25) is 5.96 Å². The van der Waals surface area contributed by atoms with Gasteiger partial charge in [0, 0.05) is 15.8 Å². The number of guanidine groups is 1. The van der Waals surface area contributed by atoms with E-state index in [2.05, 4.69) is 25.8 Å². The van der Waals surface area contributed by atoms with Crippen LogP contribution in [0.15, 0.2) is 44.2 Å². The molecule has 1 heterocycles. The maximum Gasteiger partial charge on any atom is 0.318 e. The Hall–Kier alpha value is -1.95. The van der Waals surface area contributed by atoms with Crippen molar-refractivity contribution in [2.75, 3.05) is 19.8 Å². The number of nitrogens with zero attached hydrogens (tertiary/aromatic N) is 1. The Morgan fingerprint density at radius 2 is 1.97 bits per heavy atom. The number of nitrogens with one attached hydrogen (secondary N) is 1. The molecular weight excluding hydrogens is 480 g/mol. The van der Waals surface area contributed by atoms with Crippen LogP contribution < -0.4 is 20.9 Å². The van der Waals surface area contributed by atoms with Crippen LogP contribution in [-0.4, -0.2) is 36.8 Å². The van der Waals surface area contributed by atoms with Gasteiger partial charge in [0.25, 0.3) is 0 Å². The Kier molecular flexibility index (Phi) is 12.2. The SMILES string of the molecule is Cc1ccc(OCCCON=C(N)N)cc1.Cc1sc(SNCC(=O)O)cc1Br. The fraction of sp³-hybridized carbons (Fsp3) is 0.333. The molecule has 0 aliphatic rings. The zero-order chi connectivity index (χ0) is 21.6. The average molecular weight is 505 g/mol. The van der Waals surface area contributed by atoms with E-state index < -0.39 is 5.97 Å². The molecule has 0 saturated heterocycles. The summed E-state index contributed by atoms with van der Waals surface area (Å²) in [5.74, 6) is -0.0632. The van der Waals surface area contributed by atoms with Crippen LogP contribution in [0.5, 0.6) is 5.75 Å². The van der Waals surface area contributed by atoms with E-state index in [1.807, 2.05) is 44.2 Å². The number of aliphatic carboxylic acids is 1. The van der Waals surface area contributed by atoms with E-state index in [-0.39, 0.29) is 12.5 Å². The molecule has 0 fully saturated rings. The Bertz CT molecular complexity index is 761. The highest BCUT2D eigenvalue weighted by Crippen LogP contribution is 2.31. The molecular formula is C18H25BrN4O4S2. The van der Waals surface area contributed by atoms with Crippen molar-refractivity contribution in [3.63, 3.8) is 0 Å². The number of ether oxygens (including phenoxy) is 1. The van der Waals surface area contributed by atoms with Crippen molar-refractivity contribution >= 4 is 51.1 Å². The van der Waals surface area contributed by atoms with Crippen LogP contribution in [0.2, 0.25) is 0 Å². The second-order valence-electron chi connectivity index (χ2n) is 5.65. The van der Waals surface area contributed by atoms with Crippen molar-refractivity contribution in [2.24, 2.45) is 16.6 Å². The van der Waals surface area contributed by atoms with Crippen molar-refractivity contribution in [1.29, 1.82) is 0 Å². The maximum atomic E-state index is 10.2. The lowest BCUT2D eigenvalue weighted by atomic mass is 10.2. The lowest BCUT2D eigenvalue weighted by Crippen LogP contribution is -2.23. The largest absolute Gasteiger partial charge is 0.493 e. The number of hydrogen-bond donors (Lipinski definition) is 4. The van der Waals surface area contributed by atoms with Gasteiger partial charge in [0.05, 0.1) is 10.8 Å². The molecule has 6 N–H and O–H groups in total. The van der Waals surface area contributed by atoms with E-state index in [1.165, 1.54) is 22.4 Å². The Balaban J connectivity index is 0.000000296. The van der Waals surface area contributed by atoms with Crippen LogP contribution in [0.25, 0.3) is 0 Å². The summed E-state index contributed by atoms with van der Waals surface area (Å²) in [6.45, 7) is 5.02. The minimum Gasteiger partial charge on any atom is -0.493 e. The van der Waals surface area contributed by atoms with Gasteiger partial charge < -0.3 is 26.1 Å². The number of rotatable bonds is 10. The zero-order valence-corrected chi connectivity index (χ0v) is 19.4. The number of aryl methyl sites for hydroxylation is 2. The molecule has 0 atom stereocenters. The number of carboxylic acid groups (broad SMARTS) is 1. The summed E-state index contributed by atoms with van der Waals surface area (Å²) >= 11 is 6.36. The second kappa shape index (κ2) is 14.1. The standard InChI is InChI=1S/C11H17N3O2.C7H8BrNO2S2/c1-9-3-5-10(6-4-9)15-7-2-8-16-14-11(12)13;1-4-5(8)2-7(12-4)13-9-3-6(10)11/h3-6H,2,7-8H2,1H3,(H4,12,13,14);2,9H,3H2,1H3,(H,10,11). The first kappa shape index (κ1) is 25.1. The number of oxime groups is 1. The number of thiophene rings is 1. The lowest BCUT2D eigenvalue weighted by Gasteiger charge is -2.05. The number of carboxylic acids is 1. The summed E-state index contributed by atoms with van der Waals surface area (Å²) in [6.07, 6.45) is 0.727. The Labute approximate surface area is 186 Å². The first-order valence-corrected chi connectivity index (χ1v) is 11.0. The molecule has 0 saturated carbocycles. The second-order valence-corrected chi connectivity index (χ2v) is 8.95.